The van der Waals surface area contributed by atoms with Crippen molar-refractivity contribution in [1.82, 2.24) is 20.5 Å². The molecule has 0 radical (unpaired) electrons. The highest BCUT2D eigenvalue weighted by atomic mass is 16.3. The lowest BCUT2D eigenvalue weighted by atomic mass is 10.1. The van der Waals surface area contributed by atoms with Crippen molar-refractivity contribution in [2.24, 2.45) is 0 Å². The molecular formula is C11H12N4O3. The van der Waals surface area contributed by atoms with Crippen LogP contribution in [-0.2, 0) is 6.42 Å². The van der Waals surface area contributed by atoms with Crippen LogP contribution in [-0.4, -0.2) is 37.8 Å². The number of hydrogen-bond acceptors (Lipinski definition) is 5. The number of aromatic hydroxyl groups is 2. The minimum Gasteiger partial charge on any atom is -0.504 e. The lowest BCUT2D eigenvalue weighted by Gasteiger charge is -2.06. The van der Waals surface area contributed by atoms with E-state index in [1.54, 1.807) is 0 Å². The number of nitrogens with one attached hydrogen (secondary N) is 2. The molecule has 94 valence electrons. The number of aromatic amines is 1. The predicted molar refractivity (Wildman–Crippen MR) is 62.2 cm³/mol. The molecule has 0 aliphatic carbocycles. The molecule has 18 heavy (non-hydrogen) atoms. The first kappa shape index (κ1) is 11.9. The molecule has 1 heterocycles. The Morgan fingerprint density at radius 3 is 2.94 bits per heavy atom. The summed E-state index contributed by atoms with van der Waals surface area (Å²) in [5.74, 6) is -0.536. The Balaban J connectivity index is 1.93. The number of hydrogen-bond donors (Lipinski definition) is 4. The first-order valence-electron chi connectivity index (χ1n) is 5.32. The van der Waals surface area contributed by atoms with Crippen LogP contribution in [0.3, 0.4) is 0 Å². The van der Waals surface area contributed by atoms with Crippen LogP contribution in [0.4, 0.5) is 0 Å². The van der Waals surface area contributed by atoms with E-state index in [-0.39, 0.29) is 11.3 Å². The number of phenolic OH excluding ortho intramolecular Hbond substituents is 2. The quantitative estimate of drug-likeness (QED) is 0.577. The van der Waals surface area contributed by atoms with Crippen molar-refractivity contribution >= 4 is 5.91 Å². The number of para-hydroxylation sites is 1. The predicted octanol–water partition coefficient (Wildman–Crippen LogP) is 0.188. The van der Waals surface area contributed by atoms with Gasteiger partial charge in [0, 0.05) is 13.0 Å². The van der Waals surface area contributed by atoms with Gasteiger partial charge < -0.3 is 15.5 Å². The molecule has 2 rings (SSSR count). The second-order valence-electron chi connectivity index (χ2n) is 3.61. The Labute approximate surface area is 103 Å². The van der Waals surface area contributed by atoms with Crippen LogP contribution >= 0.6 is 0 Å². The van der Waals surface area contributed by atoms with Crippen molar-refractivity contribution in [3.63, 3.8) is 0 Å². The highest BCUT2D eigenvalue weighted by Crippen LogP contribution is 2.27. The van der Waals surface area contributed by atoms with E-state index in [4.69, 9.17) is 0 Å². The number of phenols is 2. The van der Waals surface area contributed by atoms with Gasteiger partial charge in [0.25, 0.3) is 5.91 Å². The molecule has 0 aliphatic rings. The topological polar surface area (TPSA) is 111 Å². The summed E-state index contributed by atoms with van der Waals surface area (Å²) in [6, 6.07) is 4.22. The molecule has 1 aromatic heterocycles. The SMILES string of the molecule is O=C(NCCc1ncn[nH]1)c1cccc(O)c1O. The molecule has 7 heteroatoms. The molecule has 4 N–H and O–H groups in total. The number of amides is 1. The van der Waals surface area contributed by atoms with Gasteiger partial charge in [-0.25, -0.2) is 4.98 Å². The molecule has 2 aromatic rings. The fourth-order valence-electron chi connectivity index (χ4n) is 1.46. The largest absolute Gasteiger partial charge is 0.504 e. The van der Waals surface area contributed by atoms with Gasteiger partial charge in [0.1, 0.15) is 12.2 Å². The maximum atomic E-state index is 11.7. The third kappa shape index (κ3) is 2.57. The molecule has 1 aromatic carbocycles. The average molecular weight is 248 g/mol. The first-order chi connectivity index (χ1) is 8.68. The molecule has 0 saturated carbocycles. The van der Waals surface area contributed by atoms with Crippen molar-refractivity contribution in [2.75, 3.05) is 6.54 Å². The first-order valence-corrected chi connectivity index (χ1v) is 5.32. The summed E-state index contributed by atoms with van der Waals surface area (Å²) < 4.78 is 0. The maximum Gasteiger partial charge on any atom is 0.255 e. The Morgan fingerprint density at radius 2 is 2.22 bits per heavy atom. The molecule has 0 atom stereocenters. The van der Waals surface area contributed by atoms with Crippen molar-refractivity contribution in [1.29, 1.82) is 0 Å². The van der Waals surface area contributed by atoms with Crippen LogP contribution in [0.15, 0.2) is 24.5 Å². The van der Waals surface area contributed by atoms with Crippen LogP contribution in [0, 0.1) is 0 Å². The van der Waals surface area contributed by atoms with E-state index in [2.05, 4.69) is 20.5 Å². The monoisotopic (exact) mass is 248 g/mol. The molecule has 0 unspecified atom stereocenters. The lowest BCUT2D eigenvalue weighted by Crippen LogP contribution is -2.26. The normalized spacial score (nSPS) is 10.2. The van der Waals surface area contributed by atoms with Gasteiger partial charge in [-0.2, -0.15) is 5.10 Å². The third-order valence-corrected chi connectivity index (χ3v) is 2.37. The zero-order valence-corrected chi connectivity index (χ0v) is 9.42. The molecule has 0 spiro atoms. The molecule has 0 fully saturated rings. The van der Waals surface area contributed by atoms with E-state index in [0.717, 1.165) is 0 Å². The summed E-state index contributed by atoms with van der Waals surface area (Å²) in [5, 5.41) is 27.7. The molecular weight excluding hydrogens is 236 g/mol. The third-order valence-electron chi connectivity index (χ3n) is 2.37. The van der Waals surface area contributed by atoms with Crippen molar-refractivity contribution in [3.8, 4) is 11.5 Å². The van der Waals surface area contributed by atoms with E-state index >= 15 is 0 Å². The van der Waals surface area contributed by atoms with Crippen molar-refractivity contribution < 1.29 is 15.0 Å². The summed E-state index contributed by atoms with van der Waals surface area (Å²) in [7, 11) is 0. The molecule has 0 bridgehead atoms. The van der Waals surface area contributed by atoms with Crippen LogP contribution in [0.5, 0.6) is 11.5 Å². The van der Waals surface area contributed by atoms with E-state index in [9.17, 15) is 15.0 Å². The van der Waals surface area contributed by atoms with E-state index in [1.165, 1.54) is 24.5 Å². The van der Waals surface area contributed by atoms with Gasteiger partial charge in [0.15, 0.2) is 11.5 Å². The second-order valence-corrected chi connectivity index (χ2v) is 3.61. The van der Waals surface area contributed by atoms with Crippen LogP contribution < -0.4 is 5.32 Å². The van der Waals surface area contributed by atoms with Gasteiger partial charge in [-0.1, -0.05) is 6.07 Å². The Bertz CT molecular complexity index is 539. The lowest BCUT2D eigenvalue weighted by molar-refractivity contribution is 0.0950. The fraction of sp³-hybridized carbons (Fsp3) is 0.182. The van der Waals surface area contributed by atoms with E-state index in [0.29, 0.717) is 18.8 Å². The number of carbonyl (C=O) groups is 1. The Kier molecular flexibility index (Phi) is 3.42. The average Bonchev–Trinajstić information content (AvgIpc) is 2.85. The van der Waals surface area contributed by atoms with Crippen LogP contribution in [0.1, 0.15) is 16.2 Å². The number of H-pyrrole nitrogens is 1. The number of benzene rings is 1. The Hall–Kier alpha value is -2.57. The minimum absolute atomic E-state index is 0.0348. The highest BCUT2D eigenvalue weighted by Gasteiger charge is 2.13. The van der Waals surface area contributed by atoms with Gasteiger partial charge in [-0.3, -0.25) is 9.89 Å². The summed E-state index contributed by atoms with van der Waals surface area (Å²) in [4.78, 5) is 15.6. The molecule has 7 nitrogen and oxygen atoms in total. The second kappa shape index (κ2) is 5.17. The standard InChI is InChI=1S/C11H12N4O3/c16-8-3-1-2-7(10(8)17)11(18)12-5-4-9-13-6-14-15-9/h1-3,6,16-17H,4-5H2,(H,12,18)(H,13,14,15). The van der Waals surface area contributed by atoms with Gasteiger partial charge in [-0.15, -0.1) is 0 Å². The summed E-state index contributed by atoms with van der Waals surface area (Å²) in [6.45, 7) is 0.350. The van der Waals surface area contributed by atoms with E-state index in [1.807, 2.05) is 0 Å². The van der Waals surface area contributed by atoms with E-state index < -0.39 is 11.7 Å². The molecule has 0 aliphatic heterocycles. The number of aromatic nitrogens is 3. The van der Waals surface area contributed by atoms with Crippen LogP contribution in [0.25, 0.3) is 0 Å². The molecule has 0 saturated heterocycles. The van der Waals surface area contributed by atoms with Gasteiger partial charge in [0.05, 0.1) is 5.56 Å². The summed E-state index contributed by atoms with van der Waals surface area (Å²) in [6.07, 6.45) is 1.89. The van der Waals surface area contributed by atoms with Crippen molar-refractivity contribution in [2.45, 2.75) is 6.42 Å². The molecule has 1 amide bonds. The zero-order valence-electron chi connectivity index (χ0n) is 9.42. The number of nitrogens with zero attached hydrogens (tertiary/aromatic N) is 2. The van der Waals surface area contributed by atoms with Gasteiger partial charge in [0.2, 0.25) is 0 Å². The Morgan fingerprint density at radius 1 is 1.39 bits per heavy atom. The van der Waals surface area contributed by atoms with Gasteiger partial charge in [-0.05, 0) is 12.1 Å². The summed E-state index contributed by atoms with van der Waals surface area (Å²) >= 11 is 0. The van der Waals surface area contributed by atoms with Crippen molar-refractivity contribution in [3.05, 3.63) is 35.9 Å². The minimum atomic E-state index is -0.456. The van der Waals surface area contributed by atoms with Gasteiger partial charge >= 0.3 is 0 Å². The fourth-order valence-corrected chi connectivity index (χ4v) is 1.46. The zero-order chi connectivity index (χ0) is 13.0. The number of carbonyl (C=O) groups excluding carboxylic acids is 1. The maximum absolute atomic E-state index is 11.7. The smallest absolute Gasteiger partial charge is 0.255 e. The summed E-state index contributed by atoms with van der Waals surface area (Å²) in [5.41, 5.74) is 0.0348. The van der Waals surface area contributed by atoms with Crippen LogP contribution in [0.2, 0.25) is 0 Å². The number of rotatable bonds is 4. The highest BCUT2D eigenvalue weighted by molar-refractivity contribution is 5.97.